The predicted octanol–water partition coefficient (Wildman–Crippen LogP) is 4.76. The van der Waals surface area contributed by atoms with Crippen LogP contribution >= 0.6 is 15.9 Å². The maximum Gasteiger partial charge on any atom is 0.0485 e. The highest BCUT2D eigenvalue weighted by molar-refractivity contribution is 9.10. The largest absolute Gasteiger partial charge is 0.340 e. The third-order valence-electron chi connectivity index (χ3n) is 3.27. The molecule has 0 amide bonds. The van der Waals surface area contributed by atoms with Gasteiger partial charge in [-0.25, -0.2) is 0 Å². The fraction of sp³-hybridized carbons (Fsp3) is 0.125. The molecule has 0 unspecified atom stereocenters. The van der Waals surface area contributed by atoms with Gasteiger partial charge in [0.1, 0.15) is 0 Å². The minimum atomic E-state index is 0.923. The number of hydrogen-bond acceptors (Lipinski definition) is 0. The van der Waals surface area contributed by atoms with Crippen molar-refractivity contribution in [1.82, 2.24) is 4.57 Å². The van der Waals surface area contributed by atoms with Crippen LogP contribution in [-0.4, -0.2) is 4.57 Å². The monoisotopic (exact) mass is 299 g/mol. The molecule has 0 radical (unpaired) electrons. The summed E-state index contributed by atoms with van der Waals surface area (Å²) in [7, 11) is 0. The molecule has 1 heterocycles. The summed E-state index contributed by atoms with van der Waals surface area (Å²) >= 11 is 3.47. The molecule has 0 atom stereocenters. The molecule has 1 nitrogen and oxygen atoms in total. The molecule has 3 aromatic rings. The van der Waals surface area contributed by atoms with E-state index in [4.69, 9.17) is 0 Å². The topological polar surface area (TPSA) is 4.93 Å². The van der Waals surface area contributed by atoms with Crippen molar-refractivity contribution in [2.24, 2.45) is 0 Å². The third-order valence-corrected chi connectivity index (χ3v) is 3.80. The van der Waals surface area contributed by atoms with Crippen LogP contribution in [0, 0.1) is 6.92 Å². The predicted molar refractivity (Wildman–Crippen MR) is 79.9 cm³/mol. The average Bonchev–Trinajstić information content (AvgIpc) is 2.69. The van der Waals surface area contributed by atoms with E-state index in [1.807, 2.05) is 0 Å². The van der Waals surface area contributed by atoms with Crippen molar-refractivity contribution in [1.29, 1.82) is 0 Å². The SMILES string of the molecule is Cc1cc2ccccc2n1Cc1ccc(Br)cc1. The molecule has 0 aliphatic rings. The lowest BCUT2D eigenvalue weighted by Gasteiger charge is -2.08. The number of halogens is 1. The molecule has 0 spiro atoms. The minimum Gasteiger partial charge on any atom is -0.340 e. The van der Waals surface area contributed by atoms with Crippen molar-refractivity contribution >= 4 is 26.8 Å². The molecule has 18 heavy (non-hydrogen) atoms. The molecule has 0 aliphatic heterocycles. The molecule has 3 rings (SSSR count). The molecule has 0 saturated heterocycles. The Bertz CT molecular complexity index is 680. The summed E-state index contributed by atoms with van der Waals surface area (Å²) in [6.07, 6.45) is 0. The van der Waals surface area contributed by atoms with Crippen LogP contribution in [0.2, 0.25) is 0 Å². The van der Waals surface area contributed by atoms with Gasteiger partial charge in [0.2, 0.25) is 0 Å². The first-order valence-electron chi connectivity index (χ1n) is 6.03. The first kappa shape index (κ1) is 11.5. The lowest BCUT2D eigenvalue weighted by Crippen LogP contribution is -2.01. The van der Waals surface area contributed by atoms with Crippen LogP contribution in [0.3, 0.4) is 0 Å². The van der Waals surface area contributed by atoms with Gasteiger partial charge in [0, 0.05) is 22.2 Å². The zero-order chi connectivity index (χ0) is 12.5. The first-order chi connectivity index (χ1) is 8.74. The van der Waals surface area contributed by atoms with E-state index in [1.165, 1.54) is 22.2 Å². The Labute approximate surface area is 115 Å². The van der Waals surface area contributed by atoms with Gasteiger partial charge in [-0.1, -0.05) is 46.3 Å². The van der Waals surface area contributed by atoms with Crippen LogP contribution in [0.1, 0.15) is 11.3 Å². The van der Waals surface area contributed by atoms with Gasteiger partial charge in [-0.05, 0) is 42.1 Å². The maximum atomic E-state index is 3.47. The fourth-order valence-electron chi connectivity index (χ4n) is 2.33. The molecule has 0 fully saturated rings. The number of rotatable bonds is 2. The van der Waals surface area contributed by atoms with Crippen molar-refractivity contribution < 1.29 is 0 Å². The molecular weight excluding hydrogens is 286 g/mol. The Morgan fingerprint density at radius 3 is 2.50 bits per heavy atom. The second kappa shape index (κ2) is 4.62. The highest BCUT2D eigenvalue weighted by Crippen LogP contribution is 2.21. The number of para-hydroxylation sites is 1. The Hall–Kier alpha value is -1.54. The van der Waals surface area contributed by atoms with Gasteiger partial charge in [-0.15, -0.1) is 0 Å². The van der Waals surface area contributed by atoms with E-state index in [1.54, 1.807) is 0 Å². The zero-order valence-corrected chi connectivity index (χ0v) is 11.8. The summed E-state index contributed by atoms with van der Waals surface area (Å²) in [4.78, 5) is 0. The van der Waals surface area contributed by atoms with Crippen LogP contribution in [0.25, 0.3) is 10.9 Å². The number of benzene rings is 2. The quantitative estimate of drug-likeness (QED) is 0.643. The van der Waals surface area contributed by atoms with Crippen LogP contribution in [0.4, 0.5) is 0 Å². The molecule has 0 aliphatic carbocycles. The van der Waals surface area contributed by atoms with Gasteiger partial charge in [0.05, 0.1) is 0 Å². The third kappa shape index (κ3) is 2.08. The first-order valence-corrected chi connectivity index (χ1v) is 6.83. The number of aromatic nitrogens is 1. The Morgan fingerprint density at radius 2 is 1.72 bits per heavy atom. The number of fused-ring (bicyclic) bond motifs is 1. The normalized spacial score (nSPS) is 11.0. The van der Waals surface area contributed by atoms with Crippen molar-refractivity contribution in [2.75, 3.05) is 0 Å². The van der Waals surface area contributed by atoms with E-state index in [9.17, 15) is 0 Å². The molecule has 0 saturated carbocycles. The molecule has 2 aromatic carbocycles. The van der Waals surface area contributed by atoms with Gasteiger partial charge in [0.15, 0.2) is 0 Å². The van der Waals surface area contributed by atoms with Crippen LogP contribution in [0.5, 0.6) is 0 Å². The Morgan fingerprint density at radius 1 is 1.00 bits per heavy atom. The summed E-state index contributed by atoms with van der Waals surface area (Å²) in [6, 6.07) is 19.3. The van der Waals surface area contributed by atoms with Gasteiger partial charge in [-0.3, -0.25) is 0 Å². The summed E-state index contributed by atoms with van der Waals surface area (Å²) < 4.78 is 3.49. The highest BCUT2D eigenvalue weighted by atomic mass is 79.9. The van der Waals surface area contributed by atoms with Crippen LogP contribution < -0.4 is 0 Å². The van der Waals surface area contributed by atoms with E-state index >= 15 is 0 Å². The second-order valence-electron chi connectivity index (χ2n) is 4.56. The maximum absolute atomic E-state index is 3.47. The molecule has 0 bridgehead atoms. The smallest absolute Gasteiger partial charge is 0.0485 e. The van der Waals surface area contributed by atoms with Gasteiger partial charge >= 0.3 is 0 Å². The van der Waals surface area contributed by atoms with Crippen LogP contribution in [0.15, 0.2) is 59.1 Å². The van der Waals surface area contributed by atoms with Crippen molar-refractivity contribution in [2.45, 2.75) is 13.5 Å². The fourth-order valence-corrected chi connectivity index (χ4v) is 2.59. The molecule has 90 valence electrons. The Balaban J connectivity index is 2.04. The minimum absolute atomic E-state index is 0.923. The van der Waals surface area contributed by atoms with Crippen LogP contribution in [-0.2, 0) is 6.54 Å². The van der Waals surface area contributed by atoms with E-state index in [0.717, 1.165) is 11.0 Å². The Kier molecular flexibility index (Phi) is 2.96. The molecule has 1 aromatic heterocycles. The number of aryl methyl sites for hydroxylation is 1. The summed E-state index contributed by atoms with van der Waals surface area (Å²) in [5.74, 6) is 0. The summed E-state index contributed by atoms with van der Waals surface area (Å²) in [6.45, 7) is 3.09. The molecular formula is C16H14BrN. The zero-order valence-electron chi connectivity index (χ0n) is 10.2. The van der Waals surface area contributed by atoms with Crippen molar-refractivity contribution in [3.63, 3.8) is 0 Å². The second-order valence-corrected chi connectivity index (χ2v) is 5.47. The van der Waals surface area contributed by atoms with E-state index in [2.05, 4.69) is 82.0 Å². The van der Waals surface area contributed by atoms with Gasteiger partial charge < -0.3 is 4.57 Å². The lowest BCUT2D eigenvalue weighted by atomic mass is 10.2. The summed E-state index contributed by atoms with van der Waals surface area (Å²) in [5, 5.41) is 1.31. The number of nitrogens with zero attached hydrogens (tertiary/aromatic N) is 1. The highest BCUT2D eigenvalue weighted by Gasteiger charge is 2.05. The summed E-state index contributed by atoms with van der Waals surface area (Å²) in [5.41, 5.74) is 3.93. The van der Waals surface area contributed by atoms with E-state index in [-0.39, 0.29) is 0 Å². The van der Waals surface area contributed by atoms with Gasteiger partial charge in [-0.2, -0.15) is 0 Å². The standard InChI is InChI=1S/C16H14BrN/c1-12-10-14-4-2-3-5-16(14)18(12)11-13-6-8-15(17)9-7-13/h2-10H,11H2,1H3. The van der Waals surface area contributed by atoms with Crippen molar-refractivity contribution in [3.05, 3.63) is 70.3 Å². The molecule has 2 heteroatoms. The average molecular weight is 300 g/mol. The lowest BCUT2D eigenvalue weighted by molar-refractivity contribution is 0.805. The van der Waals surface area contributed by atoms with E-state index < -0.39 is 0 Å². The van der Waals surface area contributed by atoms with Crippen molar-refractivity contribution in [3.8, 4) is 0 Å². The van der Waals surface area contributed by atoms with E-state index in [0.29, 0.717) is 0 Å². The number of hydrogen-bond donors (Lipinski definition) is 0. The van der Waals surface area contributed by atoms with Gasteiger partial charge in [0.25, 0.3) is 0 Å². The molecule has 0 N–H and O–H groups in total.